The smallest absolute Gasteiger partial charge is 0.408 e. The van der Waals surface area contributed by atoms with Gasteiger partial charge in [-0.05, 0) is 33.3 Å². The lowest BCUT2D eigenvalue weighted by Crippen LogP contribution is -2.44. The van der Waals surface area contributed by atoms with E-state index >= 15 is 0 Å². The first-order chi connectivity index (χ1) is 15.0. The summed E-state index contributed by atoms with van der Waals surface area (Å²) in [4.78, 5) is 21.3. The molecule has 184 valence electrons. The number of oxazole rings is 1. The number of carbonyl (C=O) groups excluding carboxylic acids is 1. The van der Waals surface area contributed by atoms with Crippen molar-refractivity contribution in [3.8, 4) is 0 Å². The molecular weight excluding hydrogens is 533 g/mol. The molecule has 1 unspecified atom stereocenters. The van der Waals surface area contributed by atoms with Crippen LogP contribution < -0.4 is 16.0 Å². The molecule has 1 aromatic heterocycles. The second-order valence-corrected chi connectivity index (χ2v) is 9.55. The largest absolute Gasteiger partial charge is 0.444 e. The van der Waals surface area contributed by atoms with Crippen LogP contribution in [0.15, 0.2) is 45.9 Å². The molecule has 1 atom stereocenters. The highest BCUT2D eigenvalue weighted by molar-refractivity contribution is 14.0. The monoisotopic (exact) mass is 571 g/mol. The van der Waals surface area contributed by atoms with E-state index in [1.54, 1.807) is 6.20 Å². The quantitative estimate of drug-likeness (QED) is 0.248. The molecule has 0 aliphatic carbocycles. The molecule has 1 aromatic carbocycles. The second-order valence-electron chi connectivity index (χ2n) is 9.55. The van der Waals surface area contributed by atoms with Crippen molar-refractivity contribution in [2.45, 2.75) is 72.1 Å². The van der Waals surface area contributed by atoms with E-state index in [2.05, 4.69) is 46.7 Å². The standard InChI is InChI=1S/C24H37N5O3.HI/c1-8-25-21(28-16-20-26-15-19(31-20)23(2,3)4)27-14-18(17-12-10-9-11-13-17)29-22(30)32-24(5,6)7;/h9-13,15,18H,8,14,16H2,1-7H3,(H,29,30)(H2,25,27,28);1H. The first-order valence-corrected chi connectivity index (χ1v) is 11.0. The highest BCUT2D eigenvalue weighted by Crippen LogP contribution is 2.22. The highest BCUT2D eigenvalue weighted by Gasteiger charge is 2.21. The lowest BCUT2D eigenvalue weighted by atomic mass is 9.94. The van der Waals surface area contributed by atoms with Crippen molar-refractivity contribution in [1.82, 2.24) is 20.9 Å². The Kier molecular flexibility index (Phi) is 11.2. The first kappa shape index (κ1) is 28.7. The molecule has 9 heteroatoms. The average Bonchev–Trinajstić information content (AvgIpc) is 3.18. The predicted octanol–water partition coefficient (Wildman–Crippen LogP) is 4.91. The van der Waals surface area contributed by atoms with Gasteiger partial charge in [-0.25, -0.2) is 14.8 Å². The molecule has 2 rings (SSSR count). The molecular formula is C24H38IN5O3. The van der Waals surface area contributed by atoms with E-state index < -0.39 is 11.7 Å². The van der Waals surface area contributed by atoms with Crippen molar-refractivity contribution < 1.29 is 13.9 Å². The van der Waals surface area contributed by atoms with E-state index in [-0.39, 0.29) is 35.4 Å². The van der Waals surface area contributed by atoms with Gasteiger partial charge in [0.05, 0.1) is 12.2 Å². The third-order valence-electron chi connectivity index (χ3n) is 4.38. The van der Waals surface area contributed by atoms with Gasteiger partial charge >= 0.3 is 6.09 Å². The minimum absolute atomic E-state index is 0. The fourth-order valence-corrected chi connectivity index (χ4v) is 2.80. The van der Waals surface area contributed by atoms with E-state index in [0.717, 1.165) is 11.3 Å². The Labute approximate surface area is 214 Å². The minimum atomic E-state index is -0.572. The number of halogens is 1. The van der Waals surface area contributed by atoms with Gasteiger partial charge in [-0.15, -0.1) is 24.0 Å². The van der Waals surface area contributed by atoms with Gasteiger partial charge in [-0.1, -0.05) is 51.1 Å². The molecule has 0 saturated heterocycles. The van der Waals surface area contributed by atoms with Crippen LogP contribution in [-0.4, -0.2) is 35.7 Å². The van der Waals surface area contributed by atoms with Gasteiger partial charge in [0.15, 0.2) is 5.96 Å². The summed E-state index contributed by atoms with van der Waals surface area (Å²) in [6.07, 6.45) is 1.28. The summed E-state index contributed by atoms with van der Waals surface area (Å²) in [5, 5.41) is 9.45. The first-order valence-electron chi connectivity index (χ1n) is 11.0. The van der Waals surface area contributed by atoms with Crippen molar-refractivity contribution in [3.05, 3.63) is 53.7 Å². The Morgan fingerprint density at radius 3 is 2.33 bits per heavy atom. The molecule has 0 saturated carbocycles. The summed E-state index contributed by atoms with van der Waals surface area (Å²) in [6.45, 7) is 15.2. The Hall–Kier alpha value is -2.30. The number of aliphatic imine (C=N–C) groups is 1. The Balaban J connectivity index is 0.00000544. The van der Waals surface area contributed by atoms with Gasteiger partial charge in [0.25, 0.3) is 0 Å². The van der Waals surface area contributed by atoms with Crippen LogP contribution in [0.5, 0.6) is 0 Å². The molecule has 3 N–H and O–H groups in total. The molecule has 0 aliphatic rings. The van der Waals surface area contributed by atoms with Crippen LogP contribution in [0.25, 0.3) is 0 Å². The van der Waals surface area contributed by atoms with Crippen molar-refractivity contribution in [1.29, 1.82) is 0 Å². The van der Waals surface area contributed by atoms with E-state index in [1.165, 1.54) is 0 Å². The second kappa shape index (κ2) is 12.8. The zero-order valence-corrected chi connectivity index (χ0v) is 23.0. The van der Waals surface area contributed by atoms with Crippen molar-refractivity contribution in [2.75, 3.05) is 13.1 Å². The maximum Gasteiger partial charge on any atom is 0.408 e. The molecule has 1 heterocycles. The molecule has 0 bridgehead atoms. The fraction of sp³-hybridized carbons (Fsp3) is 0.542. The Morgan fingerprint density at radius 1 is 1.12 bits per heavy atom. The number of nitrogens with one attached hydrogen (secondary N) is 3. The molecule has 0 spiro atoms. The summed E-state index contributed by atoms with van der Waals surface area (Å²) < 4.78 is 11.3. The van der Waals surface area contributed by atoms with Crippen LogP contribution in [0, 0.1) is 0 Å². The van der Waals surface area contributed by atoms with Gasteiger partial charge in [0.2, 0.25) is 5.89 Å². The van der Waals surface area contributed by atoms with Crippen LogP contribution in [0.3, 0.4) is 0 Å². The number of alkyl carbamates (subject to hydrolysis) is 1. The molecule has 0 aliphatic heterocycles. The van der Waals surface area contributed by atoms with E-state index in [9.17, 15) is 4.79 Å². The molecule has 2 aromatic rings. The van der Waals surface area contributed by atoms with E-state index in [1.807, 2.05) is 58.0 Å². The van der Waals surface area contributed by atoms with Crippen LogP contribution in [0.1, 0.15) is 71.7 Å². The third-order valence-corrected chi connectivity index (χ3v) is 4.38. The van der Waals surface area contributed by atoms with E-state index in [0.29, 0.717) is 31.5 Å². The average molecular weight is 572 g/mol. The van der Waals surface area contributed by atoms with Gasteiger partial charge in [-0.2, -0.15) is 0 Å². The molecule has 33 heavy (non-hydrogen) atoms. The Morgan fingerprint density at radius 2 is 1.79 bits per heavy atom. The number of benzene rings is 1. The van der Waals surface area contributed by atoms with Crippen molar-refractivity contribution >= 4 is 36.0 Å². The summed E-state index contributed by atoms with van der Waals surface area (Å²) >= 11 is 0. The number of guanidine groups is 1. The SMILES string of the molecule is CCNC(=NCc1ncc(C(C)(C)C)o1)NCC(NC(=O)OC(C)(C)C)c1ccccc1.I. The maximum absolute atomic E-state index is 12.4. The third kappa shape index (κ3) is 10.4. The minimum Gasteiger partial charge on any atom is -0.444 e. The van der Waals surface area contributed by atoms with Crippen molar-refractivity contribution in [3.63, 3.8) is 0 Å². The number of rotatable bonds is 7. The number of nitrogens with zero attached hydrogens (tertiary/aromatic N) is 2. The summed E-state index contributed by atoms with van der Waals surface area (Å²) in [5.74, 6) is 1.99. The molecule has 8 nitrogen and oxygen atoms in total. The number of hydrogen-bond donors (Lipinski definition) is 3. The van der Waals surface area contributed by atoms with Gasteiger partial charge in [0.1, 0.15) is 17.9 Å². The zero-order valence-electron chi connectivity index (χ0n) is 20.7. The van der Waals surface area contributed by atoms with Crippen LogP contribution in [0.4, 0.5) is 4.79 Å². The normalized spacial score (nSPS) is 13.0. The lowest BCUT2D eigenvalue weighted by Gasteiger charge is -2.24. The molecule has 0 radical (unpaired) electrons. The summed E-state index contributed by atoms with van der Waals surface area (Å²) in [6, 6.07) is 9.45. The van der Waals surface area contributed by atoms with Crippen molar-refractivity contribution in [2.24, 2.45) is 4.99 Å². The number of aromatic nitrogens is 1. The summed E-state index contributed by atoms with van der Waals surface area (Å²) in [5.41, 5.74) is 0.287. The number of carbonyl (C=O) groups is 1. The van der Waals surface area contributed by atoms with Crippen LogP contribution in [0.2, 0.25) is 0 Å². The van der Waals surface area contributed by atoms with Gasteiger partial charge in [-0.3, -0.25) is 0 Å². The fourth-order valence-electron chi connectivity index (χ4n) is 2.80. The zero-order chi connectivity index (χ0) is 23.8. The van der Waals surface area contributed by atoms with E-state index in [4.69, 9.17) is 9.15 Å². The number of hydrogen-bond acceptors (Lipinski definition) is 5. The summed E-state index contributed by atoms with van der Waals surface area (Å²) in [7, 11) is 0. The Bertz CT molecular complexity index is 885. The number of ether oxygens (including phenoxy) is 1. The topological polar surface area (TPSA) is 101 Å². The molecule has 0 fully saturated rings. The van der Waals surface area contributed by atoms with Gasteiger partial charge < -0.3 is 25.1 Å². The van der Waals surface area contributed by atoms with Gasteiger partial charge in [0, 0.05) is 18.5 Å². The lowest BCUT2D eigenvalue weighted by molar-refractivity contribution is 0.0504. The predicted molar refractivity (Wildman–Crippen MR) is 142 cm³/mol. The molecule has 1 amide bonds. The maximum atomic E-state index is 12.4. The van der Waals surface area contributed by atoms with Crippen LogP contribution in [-0.2, 0) is 16.7 Å². The number of amides is 1. The van der Waals surface area contributed by atoms with Crippen LogP contribution >= 0.6 is 24.0 Å². The highest BCUT2D eigenvalue weighted by atomic mass is 127.